The first-order valence-corrected chi connectivity index (χ1v) is 9.58. The Morgan fingerprint density at radius 2 is 1.78 bits per heavy atom. The van der Waals surface area contributed by atoms with E-state index >= 15 is 0 Å². The molecule has 0 fully saturated rings. The largest absolute Gasteiger partial charge is 0.506 e. The standard InChI is InChI=1S/C22H28N2O2S/c1-6-14(2)16-9-12-19(25)18(13-16)23-21(27)24-20(26)15-7-10-17(11-8-15)22(3,4)5/h7-14,25H,6H2,1-5H3,(H2,23,24,26,27). The summed E-state index contributed by atoms with van der Waals surface area (Å²) in [6.45, 7) is 10.6. The predicted molar refractivity (Wildman–Crippen MR) is 116 cm³/mol. The van der Waals surface area contributed by atoms with Gasteiger partial charge in [-0.2, -0.15) is 0 Å². The van der Waals surface area contributed by atoms with Crippen LogP contribution in [0.25, 0.3) is 0 Å². The summed E-state index contributed by atoms with van der Waals surface area (Å²) in [7, 11) is 0. The molecule has 0 bridgehead atoms. The maximum absolute atomic E-state index is 12.4. The van der Waals surface area contributed by atoms with E-state index in [9.17, 15) is 9.90 Å². The molecule has 2 aromatic rings. The van der Waals surface area contributed by atoms with Crippen molar-refractivity contribution in [1.82, 2.24) is 5.32 Å². The lowest BCUT2D eigenvalue weighted by atomic mass is 9.87. The van der Waals surface area contributed by atoms with Crippen LogP contribution in [0.4, 0.5) is 5.69 Å². The van der Waals surface area contributed by atoms with Crippen LogP contribution >= 0.6 is 12.2 Å². The van der Waals surface area contributed by atoms with Crippen molar-refractivity contribution in [2.75, 3.05) is 5.32 Å². The Hall–Kier alpha value is -2.40. The molecule has 0 radical (unpaired) electrons. The SMILES string of the molecule is CCC(C)c1ccc(O)c(NC(=S)NC(=O)c2ccc(C(C)(C)C)cc2)c1. The molecule has 4 nitrogen and oxygen atoms in total. The molecule has 0 aliphatic carbocycles. The normalized spacial score (nSPS) is 12.3. The summed E-state index contributed by atoms with van der Waals surface area (Å²) in [6, 6.07) is 12.9. The minimum Gasteiger partial charge on any atom is -0.506 e. The van der Waals surface area contributed by atoms with Gasteiger partial charge in [-0.3, -0.25) is 10.1 Å². The molecule has 27 heavy (non-hydrogen) atoms. The molecule has 0 aromatic heterocycles. The zero-order valence-electron chi connectivity index (χ0n) is 16.6. The number of rotatable bonds is 4. The highest BCUT2D eigenvalue weighted by Gasteiger charge is 2.15. The molecular weight excluding hydrogens is 356 g/mol. The Kier molecular flexibility index (Phi) is 6.60. The van der Waals surface area contributed by atoms with Crippen LogP contribution < -0.4 is 10.6 Å². The number of thiocarbonyl (C=S) groups is 1. The number of anilines is 1. The molecule has 0 saturated carbocycles. The lowest BCUT2D eigenvalue weighted by Gasteiger charge is -2.19. The van der Waals surface area contributed by atoms with E-state index in [-0.39, 0.29) is 22.2 Å². The zero-order valence-corrected chi connectivity index (χ0v) is 17.4. The average molecular weight is 385 g/mol. The van der Waals surface area contributed by atoms with E-state index < -0.39 is 0 Å². The summed E-state index contributed by atoms with van der Waals surface area (Å²) in [5.74, 6) is 0.175. The number of hydrogen-bond acceptors (Lipinski definition) is 3. The van der Waals surface area contributed by atoms with E-state index in [0.717, 1.165) is 17.5 Å². The van der Waals surface area contributed by atoms with E-state index in [1.807, 2.05) is 24.3 Å². The van der Waals surface area contributed by atoms with Crippen LogP contribution in [0.2, 0.25) is 0 Å². The maximum atomic E-state index is 12.4. The summed E-state index contributed by atoms with van der Waals surface area (Å²) in [5.41, 5.74) is 3.31. The van der Waals surface area contributed by atoms with Gasteiger partial charge in [0.1, 0.15) is 5.75 Å². The Morgan fingerprint density at radius 3 is 2.33 bits per heavy atom. The molecule has 0 heterocycles. The zero-order chi connectivity index (χ0) is 20.2. The minimum absolute atomic E-state index is 0.0318. The summed E-state index contributed by atoms with van der Waals surface area (Å²) < 4.78 is 0. The van der Waals surface area contributed by atoms with Crippen molar-refractivity contribution in [3.8, 4) is 5.75 Å². The van der Waals surface area contributed by atoms with Gasteiger partial charge in [0.25, 0.3) is 5.91 Å². The molecule has 0 saturated heterocycles. The van der Waals surface area contributed by atoms with Crippen LogP contribution in [0.3, 0.4) is 0 Å². The first-order chi connectivity index (χ1) is 12.6. The number of phenolic OH excluding ortho intramolecular Hbond substituents is 1. The Morgan fingerprint density at radius 1 is 1.15 bits per heavy atom. The molecule has 1 amide bonds. The van der Waals surface area contributed by atoms with Gasteiger partial charge in [0, 0.05) is 5.56 Å². The second kappa shape index (κ2) is 8.53. The van der Waals surface area contributed by atoms with Crippen molar-refractivity contribution < 1.29 is 9.90 Å². The number of hydrogen-bond donors (Lipinski definition) is 3. The highest BCUT2D eigenvalue weighted by molar-refractivity contribution is 7.80. The van der Waals surface area contributed by atoms with E-state index in [0.29, 0.717) is 17.2 Å². The first-order valence-electron chi connectivity index (χ1n) is 9.17. The van der Waals surface area contributed by atoms with Crippen molar-refractivity contribution in [2.45, 2.75) is 52.4 Å². The molecule has 5 heteroatoms. The predicted octanol–water partition coefficient (Wildman–Crippen LogP) is 5.33. The van der Waals surface area contributed by atoms with Gasteiger partial charge in [0.2, 0.25) is 0 Å². The number of phenols is 1. The van der Waals surface area contributed by atoms with Crippen LogP contribution in [0.15, 0.2) is 42.5 Å². The lowest BCUT2D eigenvalue weighted by molar-refractivity contribution is 0.0977. The van der Waals surface area contributed by atoms with E-state index in [2.05, 4.69) is 45.3 Å². The molecule has 0 aliphatic heterocycles. The fraction of sp³-hybridized carbons (Fsp3) is 0.364. The molecule has 2 aromatic carbocycles. The molecule has 2 rings (SSSR count). The highest BCUT2D eigenvalue weighted by Crippen LogP contribution is 2.29. The minimum atomic E-state index is -0.287. The molecular formula is C22H28N2O2S. The fourth-order valence-electron chi connectivity index (χ4n) is 2.65. The average Bonchev–Trinajstić information content (AvgIpc) is 2.62. The van der Waals surface area contributed by atoms with Gasteiger partial charge in [0.05, 0.1) is 5.69 Å². The van der Waals surface area contributed by atoms with Gasteiger partial charge in [0.15, 0.2) is 5.11 Å². The van der Waals surface area contributed by atoms with Crippen LogP contribution in [0.1, 0.15) is 68.4 Å². The summed E-state index contributed by atoms with van der Waals surface area (Å²) in [6.07, 6.45) is 0.996. The van der Waals surface area contributed by atoms with Crippen LogP contribution in [-0.2, 0) is 5.41 Å². The van der Waals surface area contributed by atoms with Gasteiger partial charge >= 0.3 is 0 Å². The molecule has 0 spiro atoms. The first kappa shape index (κ1) is 20.9. The van der Waals surface area contributed by atoms with Crippen LogP contribution in [0.5, 0.6) is 5.75 Å². The molecule has 1 atom stereocenters. The summed E-state index contributed by atoms with van der Waals surface area (Å²) >= 11 is 5.24. The maximum Gasteiger partial charge on any atom is 0.257 e. The topological polar surface area (TPSA) is 61.4 Å². The highest BCUT2D eigenvalue weighted by atomic mass is 32.1. The van der Waals surface area contributed by atoms with Crippen molar-refractivity contribution in [2.24, 2.45) is 0 Å². The van der Waals surface area contributed by atoms with Gasteiger partial charge in [-0.1, -0.05) is 52.8 Å². The third-order valence-corrected chi connectivity index (χ3v) is 4.89. The quantitative estimate of drug-likeness (QED) is 0.492. The molecule has 0 aliphatic rings. The van der Waals surface area contributed by atoms with Crippen molar-refractivity contribution in [3.63, 3.8) is 0 Å². The monoisotopic (exact) mass is 384 g/mol. The second-order valence-electron chi connectivity index (χ2n) is 7.82. The van der Waals surface area contributed by atoms with Gasteiger partial charge < -0.3 is 10.4 Å². The number of aromatic hydroxyl groups is 1. The van der Waals surface area contributed by atoms with Crippen molar-refractivity contribution in [3.05, 3.63) is 59.2 Å². The van der Waals surface area contributed by atoms with Crippen molar-refractivity contribution in [1.29, 1.82) is 0 Å². The number of carbonyl (C=O) groups is 1. The Labute approximate surface area is 167 Å². The van der Waals surface area contributed by atoms with Crippen LogP contribution in [-0.4, -0.2) is 16.1 Å². The number of amides is 1. The number of nitrogens with one attached hydrogen (secondary N) is 2. The van der Waals surface area contributed by atoms with Crippen LogP contribution in [0, 0.1) is 0 Å². The summed E-state index contributed by atoms with van der Waals surface area (Å²) in [4.78, 5) is 12.4. The Balaban J connectivity index is 2.06. The lowest BCUT2D eigenvalue weighted by Crippen LogP contribution is -2.34. The number of carbonyl (C=O) groups excluding carboxylic acids is 1. The molecule has 3 N–H and O–H groups in total. The molecule has 144 valence electrons. The van der Waals surface area contributed by atoms with Gasteiger partial charge in [-0.05, 0) is 65.4 Å². The third kappa shape index (κ3) is 5.54. The Bertz CT molecular complexity index is 823. The second-order valence-corrected chi connectivity index (χ2v) is 8.23. The fourth-order valence-corrected chi connectivity index (χ4v) is 2.85. The third-order valence-electron chi connectivity index (χ3n) is 4.69. The van der Waals surface area contributed by atoms with E-state index in [1.165, 1.54) is 0 Å². The van der Waals surface area contributed by atoms with Crippen molar-refractivity contribution >= 4 is 28.9 Å². The molecule has 1 unspecified atom stereocenters. The van der Waals surface area contributed by atoms with Gasteiger partial charge in [-0.25, -0.2) is 0 Å². The number of benzene rings is 2. The van der Waals surface area contributed by atoms with E-state index in [4.69, 9.17) is 12.2 Å². The van der Waals surface area contributed by atoms with Gasteiger partial charge in [-0.15, -0.1) is 0 Å². The smallest absolute Gasteiger partial charge is 0.257 e. The van der Waals surface area contributed by atoms with E-state index in [1.54, 1.807) is 18.2 Å². The summed E-state index contributed by atoms with van der Waals surface area (Å²) in [5, 5.41) is 15.8.